The summed E-state index contributed by atoms with van der Waals surface area (Å²) in [7, 11) is 0. The van der Waals surface area contributed by atoms with E-state index in [-0.39, 0.29) is 5.91 Å². The Morgan fingerprint density at radius 3 is 2.36 bits per heavy atom. The molecule has 4 nitrogen and oxygen atoms in total. The lowest BCUT2D eigenvalue weighted by Gasteiger charge is -2.08. The van der Waals surface area contributed by atoms with Gasteiger partial charge in [-0.1, -0.05) is 25.1 Å². The zero-order chi connectivity index (χ0) is 15.9. The highest BCUT2D eigenvalue weighted by molar-refractivity contribution is 6.04. The molecule has 2 aromatic rings. The molecule has 0 saturated carbocycles. The molecular formula is C18H19NO3. The lowest BCUT2D eigenvalue weighted by molar-refractivity contribution is 0.0526. The molecule has 0 bridgehead atoms. The van der Waals surface area contributed by atoms with E-state index in [1.807, 2.05) is 12.1 Å². The maximum atomic E-state index is 12.2. The second kappa shape index (κ2) is 7.41. The molecule has 1 amide bonds. The molecule has 4 heteroatoms. The molecule has 0 aromatic heterocycles. The van der Waals surface area contributed by atoms with E-state index in [0.717, 1.165) is 6.42 Å². The fourth-order valence-electron chi connectivity index (χ4n) is 2.03. The van der Waals surface area contributed by atoms with Crippen LogP contribution in [0.1, 0.15) is 40.1 Å². The standard InChI is InChI=1S/C18H19NO3/c1-3-13-8-10-14(11-9-13)17(20)19-16-7-5-6-15(12-16)18(21)22-4-2/h5-12H,3-4H2,1-2H3,(H,19,20). The SMILES string of the molecule is CCOC(=O)c1cccc(NC(=O)c2ccc(CC)cc2)c1. The Labute approximate surface area is 130 Å². The summed E-state index contributed by atoms with van der Waals surface area (Å²) in [5.74, 6) is -0.602. The van der Waals surface area contributed by atoms with Gasteiger partial charge >= 0.3 is 5.97 Å². The van der Waals surface area contributed by atoms with Crippen molar-refractivity contribution in [3.8, 4) is 0 Å². The summed E-state index contributed by atoms with van der Waals surface area (Å²) < 4.78 is 4.95. The van der Waals surface area contributed by atoms with Crippen LogP contribution in [-0.2, 0) is 11.2 Å². The molecule has 0 saturated heterocycles. The van der Waals surface area contributed by atoms with E-state index >= 15 is 0 Å². The fraction of sp³-hybridized carbons (Fsp3) is 0.222. The largest absolute Gasteiger partial charge is 0.462 e. The topological polar surface area (TPSA) is 55.4 Å². The number of benzene rings is 2. The normalized spacial score (nSPS) is 10.1. The first-order valence-electron chi connectivity index (χ1n) is 7.31. The van der Waals surface area contributed by atoms with E-state index in [1.165, 1.54) is 5.56 Å². The van der Waals surface area contributed by atoms with Gasteiger partial charge < -0.3 is 10.1 Å². The fourth-order valence-corrected chi connectivity index (χ4v) is 2.03. The summed E-state index contributed by atoms with van der Waals surface area (Å²) in [5, 5.41) is 2.79. The Hall–Kier alpha value is -2.62. The van der Waals surface area contributed by atoms with Crippen molar-refractivity contribution < 1.29 is 14.3 Å². The summed E-state index contributed by atoms with van der Waals surface area (Å²) in [5.41, 5.74) is 2.75. The van der Waals surface area contributed by atoms with Gasteiger partial charge in [0.25, 0.3) is 5.91 Å². The number of ether oxygens (including phenoxy) is 1. The molecule has 114 valence electrons. The average Bonchev–Trinajstić information content (AvgIpc) is 2.55. The lowest BCUT2D eigenvalue weighted by Crippen LogP contribution is -2.12. The number of carbonyl (C=O) groups excluding carboxylic acids is 2. The Kier molecular flexibility index (Phi) is 5.31. The monoisotopic (exact) mass is 297 g/mol. The average molecular weight is 297 g/mol. The number of amides is 1. The van der Waals surface area contributed by atoms with Gasteiger partial charge in [0.05, 0.1) is 12.2 Å². The first-order chi connectivity index (χ1) is 10.6. The highest BCUT2D eigenvalue weighted by Crippen LogP contribution is 2.14. The van der Waals surface area contributed by atoms with Crippen LogP contribution in [0, 0.1) is 0 Å². The van der Waals surface area contributed by atoms with Crippen molar-refractivity contribution in [2.45, 2.75) is 20.3 Å². The molecular weight excluding hydrogens is 278 g/mol. The van der Waals surface area contributed by atoms with E-state index in [2.05, 4.69) is 12.2 Å². The van der Waals surface area contributed by atoms with Gasteiger partial charge in [0.15, 0.2) is 0 Å². The van der Waals surface area contributed by atoms with Crippen LogP contribution in [0.5, 0.6) is 0 Å². The highest BCUT2D eigenvalue weighted by atomic mass is 16.5. The molecule has 0 spiro atoms. The van der Waals surface area contributed by atoms with E-state index < -0.39 is 5.97 Å². The molecule has 22 heavy (non-hydrogen) atoms. The highest BCUT2D eigenvalue weighted by Gasteiger charge is 2.09. The summed E-state index contributed by atoms with van der Waals surface area (Å²) in [4.78, 5) is 23.9. The van der Waals surface area contributed by atoms with Crippen LogP contribution >= 0.6 is 0 Å². The summed E-state index contributed by atoms with van der Waals surface area (Å²) >= 11 is 0. The summed E-state index contributed by atoms with van der Waals surface area (Å²) in [6, 6.07) is 14.2. The minimum Gasteiger partial charge on any atom is -0.462 e. The molecule has 0 fully saturated rings. The van der Waals surface area contributed by atoms with Crippen molar-refractivity contribution in [1.82, 2.24) is 0 Å². The third kappa shape index (κ3) is 3.95. The minimum atomic E-state index is -0.397. The van der Waals surface area contributed by atoms with Gasteiger partial charge in [-0.05, 0) is 49.2 Å². The van der Waals surface area contributed by atoms with Crippen LogP contribution < -0.4 is 5.32 Å². The number of rotatable bonds is 5. The second-order valence-electron chi connectivity index (χ2n) is 4.81. The zero-order valence-corrected chi connectivity index (χ0v) is 12.8. The predicted molar refractivity (Wildman–Crippen MR) is 86.2 cm³/mol. The Balaban J connectivity index is 2.10. The van der Waals surface area contributed by atoms with Gasteiger partial charge in [0.1, 0.15) is 0 Å². The Morgan fingerprint density at radius 1 is 1.00 bits per heavy atom. The Bertz CT molecular complexity index is 662. The van der Waals surface area contributed by atoms with E-state index in [1.54, 1.807) is 43.3 Å². The summed E-state index contributed by atoms with van der Waals surface area (Å²) in [6.45, 7) is 4.14. The van der Waals surface area contributed by atoms with Gasteiger partial charge in [0.2, 0.25) is 0 Å². The van der Waals surface area contributed by atoms with Crippen LogP contribution in [0.3, 0.4) is 0 Å². The third-order valence-corrected chi connectivity index (χ3v) is 3.26. The quantitative estimate of drug-likeness (QED) is 0.857. The van der Waals surface area contributed by atoms with Crippen LogP contribution in [-0.4, -0.2) is 18.5 Å². The number of anilines is 1. The summed E-state index contributed by atoms with van der Waals surface area (Å²) in [6.07, 6.45) is 0.934. The first kappa shape index (κ1) is 15.8. The zero-order valence-electron chi connectivity index (χ0n) is 12.8. The predicted octanol–water partition coefficient (Wildman–Crippen LogP) is 3.68. The third-order valence-electron chi connectivity index (χ3n) is 3.26. The Morgan fingerprint density at radius 2 is 1.73 bits per heavy atom. The van der Waals surface area contributed by atoms with Crippen molar-refractivity contribution in [3.63, 3.8) is 0 Å². The van der Waals surface area contributed by atoms with E-state index in [9.17, 15) is 9.59 Å². The molecule has 0 atom stereocenters. The minimum absolute atomic E-state index is 0.205. The van der Waals surface area contributed by atoms with Gasteiger partial charge in [-0.15, -0.1) is 0 Å². The number of carbonyl (C=O) groups is 2. The molecule has 0 aliphatic rings. The van der Waals surface area contributed by atoms with Gasteiger partial charge in [0, 0.05) is 11.3 Å². The van der Waals surface area contributed by atoms with Crippen molar-refractivity contribution in [3.05, 3.63) is 65.2 Å². The second-order valence-corrected chi connectivity index (χ2v) is 4.81. The molecule has 0 radical (unpaired) electrons. The lowest BCUT2D eigenvalue weighted by atomic mass is 10.1. The molecule has 0 unspecified atom stereocenters. The van der Waals surface area contributed by atoms with Crippen LogP contribution in [0.2, 0.25) is 0 Å². The molecule has 1 N–H and O–H groups in total. The number of nitrogens with one attached hydrogen (secondary N) is 1. The van der Waals surface area contributed by atoms with Crippen molar-refractivity contribution in [2.75, 3.05) is 11.9 Å². The van der Waals surface area contributed by atoms with Crippen molar-refractivity contribution in [1.29, 1.82) is 0 Å². The number of hydrogen-bond acceptors (Lipinski definition) is 3. The van der Waals surface area contributed by atoms with Crippen molar-refractivity contribution >= 4 is 17.6 Å². The molecule has 0 aliphatic heterocycles. The smallest absolute Gasteiger partial charge is 0.338 e. The van der Waals surface area contributed by atoms with Crippen LogP contribution in [0.15, 0.2) is 48.5 Å². The van der Waals surface area contributed by atoms with Gasteiger partial charge in [-0.2, -0.15) is 0 Å². The van der Waals surface area contributed by atoms with Crippen LogP contribution in [0.25, 0.3) is 0 Å². The maximum Gasteiger partial charge on any atom is 0.338 e. The van der Waals surface area contributed by atoms with Gasteiger partial charge in [-0.25, -0.2) is 4.79 Å². The number of esters is 1. The maximum absolute atomic E-state index is 12.2. The van der Waals surface area contributed by atoms with Crippen molar-refractivity contribution in [2.24, 2.45) is 0 Å². The number of hydrogen-bond donors (Lipinski definition) is 1. The van der Waals surface area contributed by atoms with Crippen LogP contribution in [0.4, 0.5) is 5.69 Å². The molecule has 2 rings (SSSR count). The first-order valence-corrected chi connectivity index (χ1v) is 7.31. The van der Waals surface area contributed by atoms with E-state index in [0.29, 0.717) is 23.4 Å². The van der Waals surface area contributed by atoms with E-state index in [4.69, 9.17) is 4.74 Å². The molecule has 0 heterocycles. The van der Waals surface area contributed by atoms with Gasteiger partial charge in [-0.3, -0.25) is 4.79 Å². The molecule has 0 aliphatic carbocycles. The molecule has 2 aromatic carbocycles. The number of aryl methyl sites for hydroxylation is 1.